The summed E-state index contributed by atoms with van der Waals surface area (Å²) >= 11 is 6.05. The van der Waals surface area contributed by atoms with E-state index in [2.05, 4.69) is 10.4 Å². The summed E-state index contributed by atoms with van der Waals surface area (Å²) in [7, 11) is 0. The van der Waals surface area contributed by atoms with Crippen molar-refractivity contribution in [3.8, 4) is 5.75 Å². The van der Waals surface area contributed by atoms with E-state index >= 15 is 0 Å². The standard InChI is InChI=1S/C24H17ClF3N3O2/c25-20-11-18(26)5-4-17(20)13-31-9-8-23(30-31)29-24(32)16-3-1-2-15(10-16)14-33-22-7-6-19(27)12-21(22)28/h1-12H,13-14H2,(H,29,30,32). The molecule has 4 aromatic rings. The van der Waals surface area contributed by atoms with Crippen LogP contribution in [-0.4, -0.2) is 15.7 Å². The number of anilines is 1. The lowest BCUT2D eigenvalue weighted by atomic mass is 10.1. The van der Waals surface area contributed by atoms with E-state index in [4.69, 9.17) is 16.3 Å². The summed E-state index contributed by atoms with van der Waals surface area (Å²) in [4.78, 5) is 12.6. The van der Waals surface area contributed by atoms with E-state index in [0.29, 0.717) is 29.1 Å². The topological polar surface area (TPSA) is 56.2 Å². The number of benzene rings is 3. The lowest BCUT2D eigenvalue weighted by molar-refractivity contribution is 0.102. The molecular weight excluding hydrogens is 455 g/mol. The van der Waals surface area contributed by atoms with Gasteiger partial charge in [-0.3, -0.25) is 9.48 Å². The Morgan fingerprint density at radius 2 is 1.79 bits per heavy atom. The number of carbonyl (C=O) groups excluding carboxylic acids is 1. The second-order valence-corrected chi connectivity index (χ2v) is 7.56. The molecule has 3 aromatic carbocycles. The number of ether oxygens (including phenoxy) is 1. The zero-order valence-electron chi connectivity index (χ0n) is 17.1. The Labute approximate surface area is 192 Å². The van der Waals surface area contributed by atoms with Gasteiger partial charge in [0.2, 0.25) is 0 Å². The first-order chi connectivity index (χ1) is 15.9. The Bertz CT molecular complexity index is 1310. The van der Waals surface area contributed by atoms with Crippen LogP contribution < -0.4 is 10.1 Å². The van der Waals surface area contributed by atoms with Gasteiger partial charge < -0.3 is 10.1 Å². The maximum Gasteiger partial charge on any atom is 0.256 e. The number of carbonyl (C=O) groups is 1. The predicted octanol–water partition coefficient (Wildman–Crippen LogP) is 5.83. The summed E-state index contributed by atoms with van der Waals surface area (Å²) < 4.78 is 46.9. The molecule has 168 valence electrons. The zero-order chi connectivity index (χ0) is 23.4. The average molecular weight is 472 g/mol. The molecular formula is C24H17ClF3N3O2. The highest BCUT2D eigenvalue weighted by Gasteiger charge is 2.11. The lowest BCUT2D eigenvalue weighted by Gasteiger charge is -2.09. The third-order valence-corrected chi connectivity index (χ3v) is 5.06. The van der Waals surface area contributed by atoms with Crippen LogP contribution in [0.25, 0.3) is 0 Å². The lowest BCUT2D eigenvalue weighted by Crippen LogP contribution is -2.13. The van der Waals surface area contributed by atoms with Gasteiger partial charge in [0.15, 0.2) is 17.4 Å². The minimum absolute atomic E-state index is 0.00325. The van der Waals surface area contributed by atoms with E-state index in [9.17, 15) is 18.0 Å². The van der Waals surface area contributed by atoms with Crippen LogP contribution in [-0.2, 0) is 13.2 Å². The van der Waals surface area contributed by atoms with Crippen LogP contribution in [0.2, 0.25) is 5.02 Å². The Morgan fingerprint density at radius 1 is 1.00 bits per heavy atom. The highest BCUT2D eigenvalue weighted by Crippen LogP contribution is 2.20. The largest absolute Gasteiger partial charge is 0.486 e. The van der Waals surface area contributed by atoms with Gasteiger partial charge in [-0.25, -0.2) is 13.2 Å². The van der Waals surface area contributed by atoms with Gasteiger partial charge in [-0.1, -0.05) is 29.8 Å². The van der Waals surface area contributed by atoms with Gasteiger partial charge in [0, 0.05) is 28.9 Å². The van der Waals surface area contributed by atoms with Crippen molar-refractivity contribution in [1.29, 1.82) is 0 Å². The van der Waals surface area contributed by atoms with Gasteiger partial charge >= 0.3 is 0 Å². The number of aromatic nitrogens is 2. The van der Waals surface area contributed by atoms with E-state index in [1.807, 2.05) is 0 Å². The highest BCUT2D eigenvalue weighted by molar-refractivity contribution is 6.31. The van der Waals surface area contributed by atoms with E-state index in [0.717, 1.165) is 12.1 Å². The van der Waals surface area contributed by atoms with Crippen LogP contribution in [0.5, 0.6) is 5.75 Å². The number of nitrogens with zero attached hydrogens (tertiary/aromatic N) is 2. The molecule has 5 nitrogen and oxygen atoms in total. The molecule has 4 rings (SSSR count). The normalized spacial score (nSPS) is 10.8. The number of rotatable bonds is 7. The van der Waals surface area contributed by atoms with Gasteiger partial charge in [-0.2, -0.15) is 5.10 Å². The first kappa shape index (κ1) is 22.4. The summed E-state index contributed by atoms with van der Waals surface area (Å²) in [5.41, 5.74) is 1.67. The number of hydrogen-bond donors (Lipinski definition) is 1. The fraction of sp³-hybridized carbons (Fsp3) is 0.0833. The van der Waals surface area contributed by atoms with Crippen molar-refractivity contribution in [1.82, 2.24) is 9.78 Å². The highest BCUT2D eigenvalue weighted by atomic mass is 35.5. The molecule has 1 N–H and O–H groups in total. The summed E-state index contributed by atoms with van der Waals surface area (Å²) in [5, 5.41) is 7.27. The molecule has 0 fully saturated rings. The molecule has 9 heteroatoms. The molecule has 33 heavy (non-hydrogen) atoms. The number of amides is 1. The first-order valence-corrected chi connectivity index (χ1v) is 10.2. The predicted molar refractivity (Wildman–Crippen MR) is 118 cm³/mol. The molecule has 1 aromatic heterocycles. The van der Waals surface area contributed by atoms with Crippen LogP contribution in [0.15, 0.2) is 72.9 Å². The monoisotopic (exact) mass is 471 g/mol. The van der Waals surface area contributed by atoms with Gasteiger partial charge in [0.05, 0.1) is 6.54 Å². The van der Waals surface area contributed by atoms with Gasteiger partial charge in [0.25, 0.3) is 5.91 Å². The molecule has 0 aliphatic rings. The molecule has 0 bridgehead atoms. The Hall–Kier alpha value is -3.78. The van der Waals surface area contributed by atoms with E-state index in [1.54, 1.807) is 47.3 Å². The molecule has 0 saturated heterocycles. The average Bonchev–Trinajstić information content (AvgIpc) is 3.22. The van der Waals surface area contributed by atoms with E-state index in [1.165, 1.54) is 18.2 Å². The summed E-state index contributed by atoms with van der Waals surface area (Å²) in [6.45, 7) is 0.304. The number of nitrogens with one attached hydrogen (secondary N) is 1. The van der Waals surface area contributed by atoms with Crippen molar-refractivity contribution < 1.29 is 22.7 Å². The Kier molecular flexibility index (Phi) is 6.65. The first-order valence-electron chi connectivity index (χ1n) is 9.83. The van der Waals surface area contributed by atoms with Crippen LogP contribution in [0.1, 0.15) is 21.5 Å². The van der Waals surface area contributed by atoms with Crippen LogP contribution in [0.4, 0.5) is 19.0 Å². The van der Waals surface area contributed by atoms with Gasteiger partial charge in [-0.15, -0.1) is 0 Å². The molecule has 1 amide bonds. The summed E-state index contributed by atoms with van der Waals surface area (Å²) in [5.74, 6) is -2.07. The van der Waals surface area contributed by atoms with Crippen molar-refractivity contribution in [2.45, 2.75) is 13.2 Å². The summed E-state index contributed by atoms with van der Waals surface area (Å²) in [6.07, 6.45) is 1.66. The minimum atomic E-state index is -0.804. The second-order valence-electron chi connectivity index (χ2n) is 7.15. The van der Waals surface area contributed by atoms with Crippen molar-refractivity contribution >= 4 is 23.3 Å². The molecule has 0 atom stereocenters. The number of hydrogen-bond acceptors (Lipinski definition) is 3. The molecule has 0 aliphatic heterocycles. The van der Waals surface area contributed by atoms with Crippen molar-refractivity contribution in [2.24, 2.45) is 0 Å². The minimum Gasteiger partial charge on any atom is -0.486 e. The van der Waals surface area contributed by atoms with Crippen LogP contribution in [0.3, 0.4) is 0 Å². The second kappa shape index (κ2) is 9.79. The van der Waals surface area contributed by atoms with Crippen molar-refractivity contribution in [2.75, 3.05) is 5.32 Å². The third kappa shape index (κ3) is 5.72. The number of halogens is 4. The van der Waals surface area contributed by atoms with Gasteiger partial charge in [0.1, 0.15) is 18.2 Å². The summed E-state index contributed by atoms with van der Waals surface area (Å²) in [6, 6.07) is 15.4. The van der Waals surface area contributed by atoms with Crippen LogP contribution in [0, 0.1) is 17.5 Å². The van der Waals surface area contributed by atoms with E-state index in [-0.39, 0.29) is 17.4 Å². The fourth-order valence-electron chi connectivity index (χ4n) is 3.09. The maximum atomic E-state index is 13.7. The molecule has 0 aliphatic carbocycles. The molecule has 0 radical (unpaired) electrons. The van der Waals surface area contributed by atoms with Crippen molar-refractivity contribution in [3.05, 3.63) is 112 Å². The smallest absolute Gasteiger partial charge is 0.256 e. The van der Waals surface area contributed by atoms with Crippen LogP contribution >= 0.6 is 11.6 Å². The quantitative estimate of drug-likeness (QED) is 0.369. The Morgan fingerprint density at radius 3 is 2.58 bits per heavy atom. The molecule has 0 saturated carbocycles. The molecule has 0 spiro atoms. The van der Waals surface area contributed by atoms with Crippen molar-refractivity contribution in [3.63, 3.8) is 0 Å². The maximum absolute atomic E-state index is 13.7. The Balaban J connectivity index is 1.38. The third-order valence-electron chi connectivity index (χ3n) is 4.71. The fourth-order valence-corrected chi connectivity index (χ4v) is 3.31. The zero-order valence-corrected chi connectivity index (χ0v) is 17.8. The SMILES string of the molecule is O=C(Nc1ccn(Cc2ccc(F)cc2Cl)n1)c1cccc(COc2ccc(F)cc2F)c1. The van der Waals surface area contributed by atoms with E-state index < -0.39 is 23.4 Å². The molecule has 0 unspecified atom stereocenters. The van der Waals surface area contributed by atoms with Gasteiger partial charge in [-0.05, 0) is 47.5 Å². The molecule has 1 heterocycles.